The monoisotopic (exact) mass is 253 g/mol. The highest BCUT2D eigenvalue weighted by atomic mass is 16.5. The Morgan fingerprint density at radius 3 is 2.26 bits per heavy atom. The van der Waals surface area contributed by atoms with Crippen LogP contribution in [0.1, 0.15) is 32.0 Å². The summed E-state index contributed by atoms with van der Waals surface area (Å²) >= 11 is 0. The summed E-state index contributed by atoms with van der Waals surface area (Å²) in [4.78, 5) is 7.91. The Hall–Kier alpha value is -2.41. The predicted molar refractivity (Wildman–Crippen MR) is 72.0 cm³/mol. The van der Waals surface area contributed by atoms with E-state index in [0.29, 0.717) is 5.75 Å². The second-order valence-corrected chi connectivity index (χ2v) is 5.20. The van der Waals surface area contributed by atoms with Crippen LogP contribution in [0.2, 0.25) is 0 Å². The van der Waals surface area contributed by atoms with Crippen molar-refractivity contribution in [2.45, 2.75) is 26.2 Å². The van der Waals surface area contributed by atoms with E-state index in [2.05, 4.69) is 30.7 Å². The van der Waals surface area contributed by atoms with Gasteiger partial charge in [0.05, 0.1) is 0 Å². The van der Waals surface area contributed by atoms with Crippen molar-refractivity contribution in [2.75, 3.05) is 0 Å². The van der Waals surface area contributed by atoms with E-state index in [9.17, 15) is 0 Å². The lowest BCUT2D eigenvalue weighted by molar-refractivity contribution is 0.457. The molecule has 2 rings (SSSR count). The van der Waals surface area contributed by atoms with Crippen molar-refractivity contribution in [1.29, 1.82) is 5.26 Å². The summed E-state index contributed by atoms with van der Waals surface area (Å²) < 4.78 is 5.57. The van der Waals surface area contributed by atoms with E-state index in [1.54, 1.807) is 0 Å². The number of ether oxygens (including phenoxy) is 1. The fraction of sp³-hybridized carbons (Fsp3) is 0.267. The third kappa shape index (κ3) is 3.08. The normalized spacial score (nSPS) is 10.8. The summed E-state index contributed by atoms with van der Waals surface area (Å²) in [5.41, 5.74) is 1.50. The Balaban J connectivity index is 2.23. The third-order valence-electron chi connectivity index (χ3n) is 2.71. The minimum Gasteiger partial charge on any atom is -0.437 e. The number of hydrogen-bond acceptors (Lipinski definition) is 4. The summed E-state index contributed by atoms with van der Waals surface area (Å²) in [6, 6.07) is 9.72. The fourth-order valence-corrected chi connectivity index (χ4v) is 1.61. The topological polar surface area (TPSA) is 58.8 Å². The van der Waals surface area contributed by atoms with Crippen LogP contribution in [-0.4, -0.2) is 9.97 Å². The molecule has 0 radical (unpaired) electrons. The molecule has 19 heavy (non-hydrogen) atoms. The lowest BCUT2D eigenvalue weighted by atomic mass is 9.87. The van der Waals surface area contributed by atoms with Gasteiger partial charge in [-0.1, -0.05) is 32.9 Å². The largest absolute Gasteiger partial charge is 0.437 e. The summed E-state index contributed by atoms with van der Waals surface area (Å²) in [5.74, 6) is 0.874. The SMILES string of the molecule is CC(C)(C)c1ccc(Oc2nccnc2C#N)cc1. The number of hydrogen-bond donors (Lipinski definition) is 0. The van der Waals surface area contributed by atoms with Gasteiger partial charge >= 0.3 is 0 Å². The van der Waals surface area contributed by atoms with E-state index < -0.39 is 0 Å². The van der Waals surface area contributed by atoms with Gasteiger partial charge < -0.3 is 4.74 Å². The maximum absolute atomic E-state index is 8.91. The smallest absolute Gasteiger partial charge is 0.256 e. The van der Waals surface area contributed by atoms with Crippen LogP contribution < -0.4 is 4.74 Å². The molecule has 0 saturated carbocycles. The van der Waals surface area contributed by atoms with E-state index in [1.165, 1.54) is 18.0 Å². The van der Waals surface area contributed by atoms with Gasteiger partial charge in [0.25, 0.3) is 5.88 Å². The van der Waals surface area contributed by atoms with Crippen LogP contribution in [0.15, 0.2) is 36.7 Å². The van der Waals surface area contributed by atoms with Gasteiger partial charge in [0, 0.05) is 12.4 Å². The zero-order valence-electron chi connectivity index (χ0n) is 11.2. The molecule has 0 aliphatic carbocycles. The average Bonchev–Trinajstić information content (AvgIpc) is 2.39. The molecule has 0 spiro atoms. The van der Waals surface area contributed by atoms with Gasteiger partial charge in [-0.15, -0.1) is 0 Å². The van der Waals surface area contributed by atoms with Crippen LogP contribution in [0.25, 0.3) is 0 Å². The molecule has 1 heterocycles. The number of rotatable bonds is 2. The van der Waals surface area contributed by atoms with E-state index in [-0.39, 0.29) is 17.0 Å². The molecule has 0 aliphatic heterocycles. The van der Waals surface area contributed by atoms with Crippen LogP contribution >= 0.6 is 0 Å². The highest BCUT2D eigenvalue weighted by Gasteiger charge is 2.13. The molecule has 0 atom stereocenters. The lowest BCUT2D eigenvalue weighted by Crippen LogP contribution is -2.10. The Morgan fingerprint density at radius 1 is 1.05 bits per heavy atom. The Bertz CT molecular complexity index is 607. The quantitative estimate of drug-likeness (QED) is 0.822. The molecular weight excluding hydrogens is 238 g/mol. The van der Waals surface area contributed by atoms with E-state index >= 15 is 0 Å². The molecule has 0 saturated heterocycles. The van der Waals surface area contributed by atoms with Crippen molar-refractivity contribution in [3.8, 4) is 17.7 Å². The minimum atomic E-state index is 0.100. The molecule has 0 bridgehead atoms. The van der Waals surface area contributed by atoms with Crippen LogP contribution in [0.4, 0.5) is 0 Å². The third-order valence-corrected chi connectivity index (χ3v) is 2.71. The van der Waals surface area contributed by atoms with Crippen LogP contribution in [0, 0.1) is 11.3 Å². The first-order chi connectivity index (χ1) is 9.00. The van der Waals surface area contributed by atoms with Crippen LogP contribution in [0.3, 0.4) is 0 Å². The first-order valence-electron chi connectivity index (χ1n) is 6.00. The molecule has 0 unspecified atom stereocenters. The molecule has 4 nitrogen and oxygen atoms in total. The summed E-state index contributed by atoms with van der Waals surface area (Å²) in [6.45, 7) is 6.46. The summed E-state index contributed by atoms with van der Waals surface area (Å²) in [7, 11) is 0. The van der Waals surface area contributed by atoms with Crippen molar-refractivity contribution in [2.24, 2.45) is 0 Å². The molecule has 2 aromatic rings. The van der Waals surface area contributed by atoms with Gasteiger partial charge in [-0.05, 0) is 23.1 Å². The number of nitriles is 1. The Labute approximate surface area is 112 Å². The molecule has 96 valence electrons. The molecule has 4 heteroatoms. The molecule has 1 aromatic heterocycles. The van der Waals surface area contributed by atoms with Crippen molar-refractivity contribution in [1.82, 2.24) is 9.97 Å². The highest BCUT2D eigenvalue weighted by molar-refractivity contribution is 5.37. The van der Waals surface area contributed by atoms with Gasteiger partial charge in [0.2, 0.25) is 5.69 Å². The average molecular weight is 253 g/mol. The summed E-state index contributed by atoms with van der Waals surface area (Å²) in [5, 5.41) is 8.91. The highest BCUT2D eigenvalue weighted by Crippen LogP contribution is 2.26. The first-order valence-corrected chi connectivity index (χ1v) is 6.00. The van der Waals surface area contributed by atoms with Gasteiger partial charge in [-0.3, -0.25) is 0 Å². The zero-order valence-corrected chi connectivity index (χ0v) is 11.2. The Kier molecular flexibility index (Phi) is 3.48. The van der Waals surface area contributed by atoms with E-state index in [0.717, 1.165) is 0 Å². The second kappa shape index (κ2) is 5.07. The maximum atomic E-state index is 8.91. The Morgan fingerprint density at radius 2 is 1.68 bits per heavy atom. The molecule has 0 aliphatic rings. The van der Waals surface area contributed by atoms with Crippen LogP contribution in [-0.2, 0) is 5.41 Å². The first kappa shape index (κ1) is 13.0. The second-order valence-electron chi connectivity index (χ2n) is 5.20. The zero-order chi connectivity index (χ0) is 13.9. The van der Waals surface area contributed by atoms with Crippen LogP contribution in [0.5, 0.6) is 11.6 Å². The fourth-order valence-electron chi connectivity index (χ4n) is 1.61. The molecule has 0 fully saturated rings. The van der Waals surface area contributed by atoms with Crippen molar-refractivity contribution in [3.63, 3.8) is 0 Å². The molecule has 1 aromatic carbocycles. The van der Waals surface area contributed by atoms with Gasteiger partial charge in [0.1, 0.15) is 11.8 Å². The number of nitrogens with zero attached hydrogens (tertiary/aromatic N) is 3. The standard InChI is InChI=1S/C15H15N3O/c1-15(2,3)11-4-6-12(7-5-11)19-14-13(10-16)17-8-9-18-14/h4-9H,1-3H3. The summed E-state index contributed by atoms with van der Waals surface area (Å²) in [6.07, 6.45) is 2.97. The number of benzene rings is 1. The van der Waals surface area contributed by atoms with E-state index in [4.69, 9.17) is 10.00 Å². The molecule has 0 amide bonds. The van der Waals surface area contributed by atoms with Crippen molar-refractivity contribution >= 4 is 0 Å². The van der Waals surface area contributed by atoms with Gasteiger partial charge in [-0.25, -0.2) is 9.97 Å². The lowest BCUT2D eigenvalue weighted by Gasteiger charge is -2.19. The molecular formula is C15H15N3O. The maximum Gasteiger partial charge on any atom is 0.256 e. The van der Waals surface area contributed by atoms with Gasteiger partial charge in [0.15, 0.2) is 0 Å². The predicted octanol–water partition coefficient (Wildman–Crippen LogP) is 3.44. The van der Waals surface area contributed by atoms with E-state index in [1.807, 2.05) is 30.3 Å². The van der Waals surface area contributed by atoms with Crippen molar-refractivity contribution in [3.05, 3.63) is 47.9 Å². The van der Waals surface area contributed by atoms with Crippen molar-refractivity contribution < 1.29 is 4.74 Å². The van der Waals surface area contributed by atoms with Gasteiger partial charge in [-0.2, -0.15) is 5.26 Å². The number of aromatic nitrogens is 2. The molecule has 0 N–H and O–H groups in total. The minimum absolute atomic E-state index is 0.100.